The average Bonchev–Trinajstić information content (AvgIpc) is 3.53. The maximum Gasteiger partial charge on any atom is 0.245 e. The first kappa shape index (κ1) is 24.2. The van der Waals surface area contributed by atoms with Crippen molar-refractivity contribution < 1.29 is 14.0 Å². The first-order chi connectivity index (χ1) is 16.8. The van der Waals surface area contributed by atoms with Gasteiger partial charge >= 0.3 is 0 Å². The molecule has 1 aromatic carbocycles. The Labute approximate surface area is 205 Å². The molecule has 2 saturated heterocycles. The van der Waals surface area contributed by atoms with Gasteiger partial charge in [0.05, 0.1) is 17.7 Å². The lowest BCUT2D eigenvalue weighted by Crippen LogP contribution is -2.60. The number of nitrogens with one attached hydrogen (secondary N) is 4. The first-order valence-corrected chi connectivity index (χ1v) is 12.9. The number of fused-ring (bicyclic) bond motifs is 2. The van der Waals surface area contributed by atoms with E-state index in [4.69, 9.17) is 5.73 Å². The van der Waals surface area contributed by atoms with Crippen molar-refractivity contribution in [3.63, 3.8) is 0 Å². The van der Waals surface area contributed by atoms with E-state index < -0.39 is 11.7 Å². The molecule has 0 spiro atoms. The minimum atomic E-state index is -0.691. The highest BCUT2D eigenvalue weighted by Gasteiger charge is 2.56. The van der Waals surface area contributed by atoms with Crippen molar-refractivity contribution in [3.05, 3.63) is 35.8 Å². The molecule has 3 fully saturated rings. The fourth-order valence-corrected chi connectivity index (χ4v) is 6.44. The number of nitrogens with two attached hydrogens (primary N) is 1. The van der Waals surface area contributed by atoms with Crippen LogP contribution in [-0.2, 0) is 9.59 Å². The van der Waals surface area contributed by atoms with Gasteiger partial charge in [0.1, 0.15) is 11.9 Å². The summed E-state index contributed by atoms with van der Waals surface area (Å²) < 4.78 is 13.8. The van der Waals surface area contributed by atoms with Gasteiger partial charge in [-0.1, -0.05) is 19.3 Å². The second-order valence-corrected chi connectivity index (χ2v) is 10.6. The number of benzene rings is 1. The highest BCUT2D eigenvalue weighted by atomic mass is 19.1. The van der Waals surface area contributed by atoms with Crippen molar-refractivity contribution in [1.29, 1.82) is 0 Å². The van der Waals surface area contributed by atoms with Gasteiger partial charge in [-0.05, 0) is 62.9 Å². The van der Waals surface area contributed by atoms with Crippen molar-refractivity contribution in [1.82, 2.24) is 25.8 Å². The Bertz CT molecular complexity index is 1100. The van der Waals surface area contributed by atoms with E-state index in [1.165, 1.54) is 18.6 Å². The number of hydrogen-bond donors (Lipinski definition) is 5. The molecule has 9 heteroatoms. The van der Waals surface area contributed by atoms with Gasteiger partial charge in [-0.25, -0.2) is 4.39 Å². The van der Waals surface area contributed by atoms with Crippen LogP contribution in [0.25, 0.3) is 10.9 Å². The number of likely N-dealkylation sites (tertiary alicyclic amines) is 1. The topological polar surface area (TPSA) is 115 Å². The zero-order chi connectivity index (χ0) is 24.7. The van der Waals surface area contributed by atoms with Gasteiger partial charge in [0.15, 0.2) is 0 Å². The van der Waals surface area contributed by atoms with Crippen molar-refractivity contribution >= 4 is 22.7 Å². The number of H-pyrrole nitrogens is 1. The lowest BCUT2D eigenvalue weighted by molar-refractivity contribution is -0.140. The Kier molecular flexibility index (Phi) is 6.59. The summed E-state index contributed by atoms with van der Waals surface area (Å²) >= 11 is 0. The summed E-state index contributed by atoms with van der Waals surface area (Å²) in [4.78, 5) is 32.1. The molecule has 3 aliphatic rings. The molecule has 1 aliphatic carbocycles. The zero-order valence-corrected chi connectivity index (χ0v) is 20.6. The molecular formula is C26H37FN6O2. The molecular weight excluding hydrogens is 447 g/mol. The number of halogens is 1. The quantitative estimate of drug-likeness (QED) is 0.430. The average molecular weight is 485 g/mol. The molecule has 5 atom stereocenters. The van der Waals surface area contributed by atoms with E-state index in [2.05, 4.69) is 20.9 Å². The number of aromatic nitrogens is 1. The van der Waals surface area contributed by atoms with Crippen molar-refractivity contribution in [2.45, 2.75) is 75.2 Å². The van der Waals surface area contributed by atoms with E-state index in [0.29, 0.717) is 19.5 Å². The second-order valence-electron chi connectivity index (χ2n) is 10.6. The lowest BCUT2D eigenvalue weighted by Gasteiger charge is -2.38. The van der Waals surface area contributed by atoms with Gasteiger partial charge in [-0.15, -0.1) is 0 Å². The largest absolute Gasteiger partial charge is 0.361 e. The third-order valence-corrected chi connectivity index (χ3v) is 8.53. The van der Waals surface area contributed by atoms with Crippen LogP contribution in [-0.4, -0.2) is 65.6 Å². The molecule has 0 radical (unpaired) electrons. The SMILES string of the molecule is CN[C@@H](C)C(=O)N[C@H](C(=O)N1CC[C@@]2(N)NC[C@@H](c3c[nH]c4cc(F)ccc34)[C@@H]12)C1CCCCC1. The number of likely N-dealkylation sites (N-methyl/N-ethyl adjacent to an activating group) is 1. The number of carbonyl (C=O) groups excluding carboxylic acids is 2. The van der Waals surface area contributed by atoms with Crippen LogP contribution in [0, 0.1) is 11.7 Å². The van der Waals surface area contributed by atoms with Crippen LogP contribution in [0.2, 0.25) is 0 Å². The van der Waals surface area contributed by atoms with E-state index in [1.54, 1.807) is 20.0 Å². The standard InChI is InChI=1S/C26H37FN6O2/c1-15(29-2)24(34)32-22(16-6-4-3-5-7-16)25(35)33-11-10-26(28)23(33)20(14-31-26)19-13-30-21-12-17(27)8-9-18(19)21/h8-9,12-13,15-16,20,22-23,29-31H,3-7,10-11,14,28H2,1-2H3,(H,32,34)/t15-,20-,22-,23+,26+/m0/s1. The Morgan fingerprint density at radius 3 is 2.77 bits per heavy atom. The number of amides is 2. The predicted octanol–water partition coefficient (Wildman–Crippen LogP) is 1.92. The number of aromatic amines is 1. The van der Waals surface area contributed by atoms with Crippen LogP contribution in [0.4, 0.5) is 4.39 Å². The molecule has 5 rings (SSSR count). The zero-order valence-electron chi connectivity index (χ0n) is 20.6. The van der Waals surface area contributed by atoms with Crippen LogP contribution in [0.3, 0.4) is 0 Å². The van der Waals surface area contributed by atoms with Crippen molar-refractivity contribution in [2.24, 2.45) is 11.7 Å². The molecule has 1 saturated carbocycles. The molecule has 6 N–H and O–H groups in total. The Hall–Kier alpha value is -2.49. The normalized spacial score (nSPS) is 28.7. The highest BCUT2D eigenvalue weighted by molar-refractivity contribution is 5.90. The van der Waals surface area contributed by atoms with Gasteiger partial charge in [0.2, 0.25) is 11.8 Å². The van der Waals surface area contributed by atoms with Crippen molar-refractivity contribution in [3.8, 4) is 0 Å². The van der Waals surface area contributed by atoms with E-state index in [1.807, 2.05) is 11.1 Å². The third kappa shape index (κ3) is 4.34. The third-order valence-electron chi connectivity index (χ3n) is 8.53. The Morgan fingerprint density at radius 2 is 2.03 bits per heavy atom. The van der Waals surface area contributed by atoms with E-state index in [-0.39, 0.29) is 41.6 Å². The maximum absolute atomic E-state index is 14.1. The molecule has 35 heavy (non-hydrogen) atoms. The Balaban J connectivity index is 1.45. The highest BCUT2D eigenvalue weighted by Crippen LogP contribution is 2.43. The fraction of sp³-hybridized carbons (Fsp3) is 0.615. The molecule has 1 aromatic heterocycles. The van der Waals surface area contributed by atoms with E-state index in [9.17, 15) is 14.0 Å². The van der Waals surface area contributed by atoms with Gasteiger partial charge in [-0.2, -0.15) is 0 Å². The van der Waals surface area contributed by atoms with Gasteiger partial charge < -0.3 is 26.3 Å². The minimum Gasteiger partial charge on any atom is -0.361 e. The summed E-state index contributed by atoms with van der Waals surface area (Å²) in [6, 6.07) is 3.56. The smallest absolute Gasteiger partial charge is 0.245 e. The molecule has 2 aliphatic heterocycles. The summed E-state index contributed by atoms with van der Waals surface area (Å²) in [6.45, 7) is 2.98. The number of nitrogens with zero attached hydrogens (tertiary/aromatic N) is 1. The molecule has 2 amide bonds. The Morgan fingerprint density at radius 1 is 1.26 bits per heavy atom. The van der Waals surface area contributed by atoms with Gasteiger partial charge in [0.25, 0.3) is 0 Å². The van der Waals surface area contributed by atoms with Gasteiger partial charge in [-0.3, -0.25) is 14.9 Å². The predicted molar refractivity (Wildman–Crippen MR) is 133 cm³/mol. The number of hydrogen-bond acceptors (Lipinski definition) is 5. The summed E-state index contributed by atoms with van der Waals surface area (Å²) in [5, 5.41) is 10.5. The molecule has 3 heterocycles. The lowest BCUT2D eigenvalue weighted by atomic mass is 9.82. The van der Waals surface area contributed by atoms with Crippen molar-refractivity contribution in [2.75, 3.05) is 20.1 Å². The van der Waals surface area contributed by atoms with Crippen LogP contribution >= 0.6 is 0 Å². The molecule has 0 bridgehead atoms. The van der Waals surface area contributed by atoms with Gasteiger partial charge in [0, 0.05) is 36.1 Å². The molecule has 190 valence electrons. The molecule has 0 unspecified atom stereocenters. The van der Waals surface area contributed by atoms with Crippen LogP contribution in [0.15, 0.2) is 24.4 Å². The second kappa shape index (κ2) is 9.52. The fourth-order valence-electron chi connectivity index (χ4n) is 6.44. The summed E-state index contributed by atoms with van der Waals surface area (Å²) in [6.07, 6.45) is 7.76. The minimum absolute atomic E-state index is 0.0366. The molecule has 2 aromatic rings. The summed E-state index contributed by atoms with van der Waals surface area (Å²) in [7, 11) is 1.74. The summed E-state index contributed by atoms with van der Waals surface area (Å²) in [5.41, 5.74) is 7.91. The number of rotatable bonds is 6. The van der Waals surface area contributed by atoms with Crippen LogP contribution in [0.5, 0.6) is 0 Å². The molecule has 8 nitrogen and oxygen atoms in total. The van der Waals surface area contributed by atoms with E-state index >= 15 is 0 Å². The van der Waals surface area contributed by atoms with E-state index in [0.717, 1.165) is 42.1 Å². The maximum atomic E-state index is 14.1. The summed E-state index contributed by atoms with van der Waals surface area (Å²) in [5.74, 6) is -0.395. The number of carbonyl (C=O) groups is 2. The van der Waals surface area contributed by atoms with Crippen LogP contribution < -0.4 is 21.7 Å². The van der Waals surface area contributed by atoms with Crippen LogP contribution in [0.1, 0.15) is 56.9 Å². The first-order valence-electron chi connectivity index (χ1n) is 12.9. The monoisotopic (exact) mass is 484 g/mol.